The fourth-order valence-corrected chi connectivity index (χ4v) is 1.82. The molecule has 5 heteroatoms. The summed E-state index contributed by atoms with van der Waals surface area (Å²) in [6, 6.07) is 11.1. The lowest BCUT2D eigenvalue weighted by atomic mass is 10.1. The fraction of sp³-hybridized carbons (Fsp3) is 0.0833. The van der Waals surface area contributed by atoms with E-state index in [9.17, 15) is 0 Å². The zero-order chi connectivity index (χ0) is 12.3. The van der Waals surface area contributed by atoms with E-state index in [1.807, 2.05) is 18.4 Å². The highest BCUT2D eigenvalue weighted by Gasteiger charge is 2.05. The molecule has 2 aromatic rings. The van der Waals surface area contributed by atoms with Crippen LogP contribution in [0, 0.1) is 11.3 Å². The van der Waals surface area contributed by atoms with Crippen molar-refractivity contribution in [1.29, 1.82) is 5.26 Å². The normalized spacial score (nSPS) is 9.88. The van der Waals surface area contributed by atoms with Gasteiger partial charge in [-0.25, -0.2) is 9.97 Å². The van der Waals surface area contributed by atoms with Crippen LogP contribution in [0.15, 0.2) is 35.5 Å². The molecule has 0 aliphatic carbocycles. The molecule has 1 aromatic carbocycles. The molecular formula is C12H10N4S. The molecule has 0 bridgehead atoms. The summed E-state index contributed by atoms with van der Waals surface area (Å²) in [4.78, 5) is 8.45. The van der Waals surface area contributed by atoms with Crippen LogP contribution >= 0.6 is 11.8 Å². The van der Waals surface area contributed by atoms with Crippen LogP contribution in [0.1, 0.15) is 5.56 Å². The largest absolute Gasteiger partial charge is 0.384 e. The second-order valence-electron chi connectivity index (χ2n) is 3.36. The van der Waals surface area contributed by atoms with Gasteiger partial charge in [-0.05, 0) is 18.4 Å². The number of benzene rings is 1. The van der Waals surface area contributed by atoms with E-state index in [4.69, 9.17) is 11.0 Å². The van der Waals surface area contributed by atoms with Crippen molar-refractivity contribution in [3.63, 3.8) is 0 Å². The topological polar surface area (TPSA) is 75.6 Å². The van der Waals surface area contributed by atoms with Crippen molar-refractivity contribution in [1.82, 2.24) is 9.97 Å². The van der Waals surface area contributed by atoms with Crippen LogP contribution in [-0.2, 0) is 0 Å². The Morgan fingerprint density at radius 2 is 2.12 bits per heavy atom. The number of nitrogens with zero attached hydrogens (tertiary/aromatic N) is 3. The lowest BCUT2D eigenvalue weighted by Crippen LogP contribution is -1.96. The Labute approximate surface area is 104 Å². The summed E-state index contributed by atoms with van der Waals surface area (Å²) in [5, 5.41) is 9.48. The molecule has 0 saturated heterocycles. The van der Waals surface area contributed by atoms with Crippen LogP contribution in [0.5, 0.6) is 0 Å². The molecule has 0 atom stereocenters. The summed E-state index contributed by atoms with van der Waals surface area (Å²) in [5.74, 6) is 0.432. The molecule has 17 heavy (non-hydrogen) atoms. The van der Waals surface area contributed by atoms with Gasteiger partial charge in [0.05, 0.1) is 17.3 Å². The Hall–Kier alpha value is -2.06. The van der Waals surface area contributed by atoms with Gasteiger partial charge >= 0.3 is 0 Å². The molecule has 0 fully saturated rings. The molecule has 0 saturated carbocycles. The monoisotopic (exact) mass is 242 g/mol. The Bertz CT molecular complexity index is 589. The lowest BCUT2D eigenvalue weighted by Gasteiger charge is -2.04. The van der Waals surface area contributed by atoms with E-state index < -0.39 is 0 Å². The quantitative estimate of drug-likeness (QED) is 0.646. The SMILES string of the molecule is CSc1nc(N)cc(-c2cccc(C#N)c2)n1. The predicted octanol–water partition coefficient (Wildman–Crippen LogP) is 2.32. The second kappa shape index (κ2) is 4.85. The molecule has 1 heterocycles. The lowest BCUT2D eigenvalue weighted by molar-refractivity contribution is 0.985. The maximum Gasteiger partial charge on any atom is 0.189 e. The first-order chi connectivity index (χ1) is 8.22. The van der Waals surface area contributed by atoms with E-state index in [0.717, 1.165) is 11.3 Å². The maximum atomic E-state index is 8.85. The summed E-state index contributed by atoms with van der Waals surface area (Å²) in [6.45, 7) is 0. The van der Waals surface area contributed by atoms with E-state index in [-0.39, 0.29) is 0 Å². The van der Waals surface area contributed by atoms with Gasteiger partial charge in [-0.3, -0.25) is 0 Å². The van der Waals surface area contributed by atoms with Crippen molar-refractivity contribution in [2.75, 3.05) is 12.0 Å². The molecule has 0 radical (unpaired) electrons. The van der Waals surface area contributed by atoms with Gasteiger partial charge in [0.1, 0.15) is 5.82 Å². The Kier molecular flexibility index (Phi) is 3.26. The van der Waals surface area contributed by atoms with Gasteiger partial charge in [-0.1, -0.05) is 23.9 Å². The summed E-state index contributed by atoms with van der Waals surface area (Å²) < 4.78 is 0. The second-order valence-corrected chi connectivity index (χ2v) is 4.13. The van der Waals surface area contributed by atoms with E-state index in [2.05, 4.69) is 16.0 Å². The van der Waals surface area contributed by atoms with Crippen molar-refractivity contribution in [3.05, 3.63) is 35.9 Å². The van der Waals surface area contributed by atoms with Gasteiger partial charge in [0.15, 0.2) is 5.16 Å². The standard InChI is InChI=1S/C12H10N4S/c1-17-12-15-10(6-11(14)16-12)9-4-2-3-8(5-9)7-13/h2-6H,1H3,(H2,14,15,16). The minimum atomic E-state index is 0.432. The van der Waals surface area contributed by atoms with Crippen molar-refractivity contribution in [2.24, 2.45) is 0 Å². The molecule has 1 aromatic heterocycles. The Balaban J connectivity index is 2.52. The number of nitrogens with two attached hydrogens (primary N) is 1. The minimum Gasteiger partial charge on any atom is -0.384 e. The molecule has 2 rings (SSSR count). The molecule has 0 spiro atoms. The molecule has 0 aliphatic heterocycles. The number of nitrogen functional groups attached to an aromatic ring is 1. The fourth-order valence-electron chi connectivity index (χ4n) is 1.43. The maximum absolute atomic E-state index is 8.85. The van der Waals surface area contributed by atoms with Crippen molar-refractivity contribution >= 4 is 17.6 Å². The van der Waals surface area contributed by atoms with Crippen LogP contribution in [0.25, 0.3) is 11.3 Å². The third kappa shape index (κ3) is 2.55. The molecule has 0 unspecified atom stereocenters. The zero-order valence-electron chi connectivity index (χ0n) is 9.21. The van der Waals surface area contributed by atoms with E-state index in [1.54, 1.807) is 18.2 Å². The molecule has 2 N–H and O–H groups in total. The number of hydrogen-bond acceptors (Lipinski definition) is 5. The molecule has 0 aliphatic rings. The summed E-state index contributed by atoms with van der Waals surface area (Å²) in [7, 11) is 0. The van der Waals surface area contributed by atoms with Gasteiger partial charge in [0.2, 0.25) is 0 Å². The molecule has 0 amide bonds. The first-order valence-electron chi connectivity index (χ1n) is 4.92. The summed E-state index contributed by atoms with van der Waals surface area (Å²) >= 11 is 1.43. The third-order valence-corrected chi connectivity index (χ3v) is 2.74. The third-order valence-electron chi connectivity index (χ3n) is 2.20. The van der Waals surface area contributed by atoms with Crippen LogP contribution < -0.4 is 5.73 Å². The first-order valence-corrected chi connectivity index (χ1v) is 6.14. The van der Waals surface area contributed by atoms with E-state index >= 15 is 0 Å². The average Bonchev–Trinajstić information content (AvgIpc) is 2.38. The highest BCUT2D eigenvalue weighted by atomic mass is 32.2. The number of rotatable bonds is 2. The predicted molar refractivity (Wildman–Crippen MR) is 68.4 cm³/mol. The van der Waals surface area contributed by atoms with E-state index in [0.29, 0.717) is 16.5 Å². The number of thioether (sulfide) groups is 1. The number of anilines is 1. The summed E-state index contributed by atoms with van der Waals surface area (Å²) in [5.41, 5.74) is 7.92. The Morgan fingerprint density at radius 1 is 1.29 bits per heavy atom. The van der Waals surface area contributed by atoms with Gasteiger partial charge < -0.3 is 5.73 Å². The van der Waals surface area contributed by atoms with Crippen LogP contribution in [0.2, 0.25) is 0 Å². The average molecular weight is 242 g/mol. The van der Waals surface area contributed by atoms with Gasteiger partial charge in [-0.2, -0.15) is 5.26 Å². The van der Waals surface area contributed by atoms with Crippen molar-refractivity contribution < 1.29 is 0 Å². The van der Waals surface area contributed by atoms with Crippen LogP contribution in [-0.4, -0.2) is 16.2 Å². The number of aromatic nitrogens is 2. The molecular weight excluding hydrogens is 232 g/mol. The number of hydrogen-bond donors (Lipinski definition) is 1. The van der Waals surface area contributed by atoms with E-state index in [1.165, 1.54) is 11.8 Å². The zero-order valence-corrected chi connectivity index (χ0v) is 10.0. The smallest absolute Gasteiger partial charge is 0.189 e. The summed E-state index contributed by atoms with van der Waals surface area (Å²) in [6.07, 6.45) is 1.89. The highest BCUT2D eigenvalue weighted by Crippen LogP contribution is 2.22. The van der Waals surface area contributed by atoms with Gasteiger partial charge in [0.25, 0.3) is 0 Å². The van der Waals surface area contributed by atoms with Crippen molar-refractivity contribution in [3.8, 4) is 17.3 Å². The van der Waals surface area contributed by atoms with Gasteiger partial charge in [0, 0.05) is 11.6 Å². The minimum absolute atomic E-state index is 0.432. The number of nitriles is 1. The molecule has 4 nitrogen and oxygen atoms in total. The van der Waals surface area contributed by atoms with Crippen LogP contribution in [0.4, 0.5) is 5.82 Å². The first kappa shape index (κ1) is 11.4. The van der Waals surface area contributed by atoms with Crippen LogP contribution in [0.3, 0.4) is 0 Å². The Morgan fingerprint density at radius 3 is 2.82 bits per heavy atom. The molecule has 84 valence electrons. The highest BCUT2D eigenvalue weighted by molar-refractivity contribution is 7.98. The van der Waals surface area contributed by atoms with Gasteiger partial charge in [-0.15, -0.1) is 0 Å². The van der Waals surface area contributed by atoms with Crippen molar-refractivity contribution in [2.45, 2.75) is 5.16 Å².